The molecule has 0 N–H and O–H groups in total. The number of terminal acetylenes is 1. The third kappa shape index (κ3) is 4.22. The van der Waals surface area contributed by atoms with E-state index in [9.17, 15) is 5.26 Å². The fourth-order valence-corrected chi connectivity index (χ4v) is 3.39. The summed E-state index contributed by atoms with van der Waals surface area (Å²) in [5.74, 6) is 4.18. The van der Waals surface area contributed by atoms with Gasteiger partial charge < -0.3 is 9.47 Å². The lowest BCUT2D eigenvalue weighted by atomic mass is 9.90. The molecule has 0 saturated heterocycles. The van der Waals surface area contributed by atoms with Crippen LogP contribution < -0.4 is 9.47 Å². The molecule has 1 heterocycles. The predicted molar refractivity (Wildman–Crippen MR) is 95.1 cm³/mol. The topological polar surface area (TPSA) is 45.5 Å². The van der Waals surface area contributed by atoms with Gasteiger partial charge in [0, 0.05) is 19.0 Å². The number of hydrogen-bond donors (Lipinski definition) is 0. The standard InChI is InChI=1S/C20H26N2O2/c1-4-5-6-7-8-12-22-13-10-16-14-19(23-2)20(24-3)15-17(16)18(22)9-11-21/h1,14-15,18H,5-10,12-13H2,2-3H3. The number of unbranched alkanes of at least 4 members (excludes halogenated alkanes) is 3. The highest BCUT2D eigenvalue weighted by molar-refractivity contribution is 5.49. The maximum Gasteiger partial charge on any atom is 0.161 e. The number of hydrogen-bond acceptors (Lipinski definition) is 4. The van der Waals surface area contributed by atoms with Crippen LogP contribution in [0.4, 0.5) is 0 Å². The molecule has 0 fully saturated rings. The molecule has 1 atom stereocenters. The molecule has 1 unspecified atom stereocenters. The van der Waals surface area contributed by atoms with E-state index in [1.165, 1.54) is 11.1 Å². The van der Waals surface area contributed by atoms with Crippen LogP contribution in [0.2, 0.25) is 0 Å². The quantitative estimate of drug-likeness (QED) is 0.540. The lowest BCUT2D eigenvalue weighted by Gasteiger charge is -2.36. The first-order valence-corrected chi connectivity index (χ1v) is 8.54. The molecule has 0 bridgehead atoms. The van der Waals surface area contributed by atoms with Crippen LogP contribution in [0.5, 0.6) is 11.5 Å². The van der Waals surface area contributed by atoms with Gasteiger partial charge in [-0.3, -0.25) is 4.90 Å². The zero-order chi connectivity index (χ0) is 17.4. The smallest absolute Gasteiger partial charge is 0.161 e. The Hall–Kier alpha value is -2.17. The fourth-order valence-electron chi connectivity index (χ4n) is 3.39. The van der Waals surface area contributed by atoms with E-state index in [1.807, 2.05) is 6.07 Å². The number of nitrogens with zero attached hydrogens (tertiary/aromatic N) is 2. The summed E-state index contributed by atoms with van der Waals surface area (Å²) in [5, 5.41) is 9.28. The molecule has 0 saturated carbocycles. The van der Waals surface area contributed by atoms with Crippen LogP contribution in [-0.2, 0) is 6.42 Å². The van der Waals surface area contributed by atoms with Crippen molar-refractivity contribution in [2.75, 3.05) is 27.3 Å². The Morgan fingerprint density at radius 1 is 1.21 bits per heavy atom. The Morgan fingerprint density at radius 2 is 1.96 bits per heavy atom. The van der Waals surface area contributed by atoms with Gasteiger partial charge in [0.25, 0.3) is 0 Å². The normalized spacial score (nSPS) is 16.8. The summed E-state index contributed by atoms with van der Waals surface area (Å²) in [5.41, 5.74) is 2.46. The number of rotatable bonds is 8. The van der Waals surface area contributed by atoms with Gasteiger partial charge in [-0.2, -0.15) is 5.26 Å². The molecule has 128 valence electrons. The van der Waals surface area contributed by atoms with Crippen molar-refractivity contribution in [1.29, 1.82) is 5.26 Å². The van der Waals surface area contributed by atoms with E-state index in [1.54, 1.807) is 14.2 Å². The Kier molecular flexibility index (Phi) is 6.97. The van der Waals surface area contributed by atoms with Crippen molar-refractivity contribution in [3.05, 3.63) is 23.3 Å². The number of benzene rings is 1. The van der Waals surface area contributed by atoms with Crippen molar-refractivity contribution in [2.45, 2.75) is 44.6 Å². The second kappa shape index (κ2) is 9.21. The second-order valence-electron chi connectivity index (χ2n) is 6.08. The summed E-state index contributed by atoms with van der Waals surface area (Å²) in [6.07, 6.45) is 10.9. The fraction of sp³-hybridized carbons (Fsp3) is 0.550. The molecule has 4 nitrogen and oxygen atoms in total. The molecule has 1 aromatic rings. The minimum atomic E-state index is 0.131. The Labute approximate surface area is 145 Å². The maximum atomic E-state index is 9.28. The monoisotopic (exact) mass is 326 g/mol. The van der Waals surface area contributed by atoms with Crippen molar-refractivity contribution in [1.82, 2.24) is 4.90 Å². The number of fused-ring (bicyclic) bond motifs is 1. The molecule has 1 aromatic carbocycles. The number of nitriles is 1. The summed E-state index contributed by atoms with van der Waals surface area (Å²) in [7, 11) is 3.30. The highest BCUT2D eigenvalue weighted by atomic mass is 16.5. The van der Waals surface area contributed by atoms with Crippen molar-refractivity contribution in [2.24, 2.45) is 0 Å². The average Bonchev–Trinajstić information content (AvgIpc) is 2.61. The largest absolute Gasteiger partial charge is 0.493 e. The summed E-state index contributed by atoms with van der Waals surface area (Å²) < 4.78 is 10.9. The number of methoxy groups -OCH3 is 2. The van der Waals surface area contributed by atoms with E-state index in [4.69, 9.17) is 15.9 Å². The van der Waals surface area contributed by atoms with Gasteiger partial charge >= 0.3 is 0 Å². The van der Waals surface area contributed by atoms with Crippen molar-refractivity contribution >= 4 is 0 Å². The Morgan fingerprint density at radius 3 is 2.62 bits per heavy atom. The Bertz CT molecular complexity index is 628. The van der Waals surface area contributed by atoms with Crippen LogP contribution in [0, 0.1) is 23.7 Å². The van der Waals surface area contributed by atoms with E-state index in [2.05, 4.69) is 23.0 Å². The molecular weight excluding hydrogens is 300 g/mol. The average molecular weight is 326 g/mol. The molecule has 1 aliphatic heterocycles. The first-order valence-electron chi connectivity index (χ1n) is 8.54. The zero-order valence-electron chi connectivity index (χ0n) is 14.7. The van der Waals surface area contributed by atoms with E-state index in [0.717, 1.165) is 56.7 Å². The molecule has 0 aliphatic carbocycles. The van der Waals surface area contributed by atoms with E-state index in [0.29, 0.717) is 6.42 Å². The summed E-state index contributed by atoms with van der Waals surface area (Å²) in [6, 6.07) is 6.58. The zero-order valence-corrected chi connectivity index (χ0v) is 14.7. The molecule has 0 radical (unpaired) electrons. The lowest BCUT2D eigenvalue weighted by molar-refractivity contribution is 0.182. The van der Waals surface area contributed by atoms with E-state index in [-0.39, 0.29) is 6.04 Å². The summed E-state index contributed by atoms with van der Waals surface area (Å²) in [6.45, 7) is 1.98. The second-order valence-corrected chi connectivity index (χ2v) is 6.08. The lowest BCUT2D eigenvalue weighted by Crippen LogP contribution is -2.36. The van der Waals surface area contributed by atoms with Crippen LogP contribution >= 0.6 is 0 Å². The van der Waals surface area contributed by atoms with Crippen LogP contribution in [-0.4, -0.2) is 32.2 Å². The molecule has 0 aromatic heterocycles. The minimum Gasteiger partial charge on any atom is -0.493 e. The van der Waals surface area contributed by atoms with Gasteiger partial charge in [-0.15, -0.1) is 12.3 Å². The van der Waals surface area contributed by atoms with Gasteiger partial charge in [0.15, 0.2) is 11.5 Å². The molecule has 0 spiro atoms. The molecule has 4 heteroatoms. The van der Waals surface area contributed by atoms with Gasteiger partial charge in [0.05, 0.1) is 26.7 Å². The third-order valence-electron chi connectivity index (χ3n) is 4.66. The van der Waals surface area contributed by atoms with E-state index >= 15 is 0 Å². The minimum absolute atomic E-state index is 0.131. The van der Waals surface area contributed by atoms with Gasteiger partial charge in [-0.05, 0) is 49.1 Å². The summed E-state index contributed by atoms with van der Waals surface area (Å²) in [4.78, 5) is 2.42. The molecule has 1 aliphatic rings. The highest BCUT2D eigenvalue weighted by Gasteiger charge is 2.28. The van der Waals surface area contributed by atoms with Gasteiger partial charge in [-0.1, -0.05) is 6.42 Å². The van der Waals surface area contributed by atoms with Crippen LogP contribution in [0.25, 0.3) is 0 Å². The van der Waals surface area contributed by atoms with Crippen molar-refractivity contribution in [3.63, 3.8) is 0 Å². The van der Waals surface area contributed by atoms with Gasteiger partial charge in [-0.25, -0.2) is 0 Å². The Balaban J connectivity index is 2.15. The molecule has 0 amide bonds. The van der Waals surface area contributed by atoms with Crippen molar-refractivity contribution in [3.8, 4) is 29.9 Å². The van der Waals surface area contributed by atoms with Crippen LogP contribution in [0.3, 0.4) is 0 Å². The first kappa shape index (κ1) is 18.2. The summed E-state index contributed by atoms with van der Waals surface area (Å²) >= 11 is 0. The van der Waals surface area contributed by atoms with Crippen LogP contribution in [0.15, 0.2) is 12.1 Å². The molecule has 24 heavy (non-hydrogen) atoms. The predicted octanol–water partition coefficient (Wildman–Crippen LogP) is 3.71. The number of ether oxygens (including phenoxy) is 2. The SMILES string of the molecule is C#CCCCCCN1CCc2cc(OC)c(OC)cc2C1CC#N. The maximum absolute atomic E-state index is 9.28. The molecule has 2 rings (SSSR count). The van der Waals surface area contributed by atoms with Gasteiger partial charge in [0.2, 0.25) is 0 Å². The molecular formula is C20H26N2O2. The van der Waals surface area contributed by atoms with Crippen LogP contribution in [0.1, 0.15) is 49.3 Å². The third-order valence-corrected chi connectivity index (χ3v) is 4.66. The first-order chi connectivity index (χ1) is 11.7. The van der Waals surface area contributed by atoms with Gasteiger partial charge in [0.1, 0.15) is 0 Å². The van der Waals surface area contributed by atoms with E-state index < -0.39 is 0 Å². The highest BCUT2D eigenvalue weighted by Crippen LogP contribution is 2.39. The van der Waals surface area contributed by atoms with Crippen molar-refractivity contribution < 1.29 is 9.47 Å².